The van der Waals surface area contributed by atoms with E-state index in [2.05, 4.69) is 246 Å². The van der Waals surface area contributed by atoms with Crippen LogP contribution in [0.25, 0.3) is 101 Å². The van der Waals surface area contributed by atoms with Crippen molar-refractivity contribution in [2.45, 2.75) is 9.79 Å². The Hall–Kier alpha value is -8.13. The van der Waals surface area contributed by atoms with Crippen LogP contribution in [0.3, 0.4) is 0 Å². The van der Waals surface area contributed by atoms with Crippen LogP contribution in [-0.2, 0) is 0 Å². The van der Waals surface area contributed by atoms with E-state index in [1.807, 2.05) is 34.4 Å². The maximum Gasteiger partial charge on any atom is 0.249 e. The Labute approximate surface area is 428 Å². The van der Waals surface area contributed by atoms with Crippen LogP contribution in [0.2, 0.25) is 0 Å². The molecule has 0 fully saturated rings. The van der Waals surface area contributed by atoms with Crippen LogP contribution in [-0.4, -0.2) is 11.3 Å². The number of hydrogen-bond acceptors (Lipinski definition) is 4. The molecule has 0 spiro atoms. The molecule has 3 aromatic heterocycles. The SMILES string of the molecule is c1ccc(-c2ccc(N3c4ccc(-c5cccc6c5sc5ccccc56)cc4B4c5cc(-c6cccc7c6sc6ccccc67)ccc5Sc5cc(-n6c7ccccc7c7ccccc76)cc3c54)cc2)cc1. The topological polar surface area (TPSA) is 8.17 Å². The van der Waals surface area contributed by atoms with Crippen LogP contribution in [0.4, 0.5) is 17.1 Å². The number of hydrogen-bond donors (Lipinski definition) is 0. The van der Waals surface area contributed by atoms with Crippen molar-refractivity contribution in [1.82, 2.24) is 4.57 Å². The first-order valence-electron chi connectivity index (χ1n) is 24.6. The molecule has 0 radical (unpaired) electrons. The molecule has 2 aliphatic rings. The fourth-order valence-electron chi connectivity index (χ4n) is 12.1. The van der Waals surface area contributed by atoms with Gasteiger partial charge >= 0.3 is 0 Å². The van der Waals surface area contributed by atoms with Gasteiger partial charge in [-0.3, -0.25) is 0 Å². The second-order valence-electron chi connectivity index (χ2n) is 19.1. The summed E-state index contributed by atoms with van der Waals surface area (Å²) >= 11 is 5.73. The molecule has 6 heteroatoms. The van der Waals surface area contributed by atoms with Crippen LogP contribution in [0.5, 0.6) is 0 Å². The van der Waals surface area contributed by atoms with E-state index >= 15 is 0 Å². The number of anilines is 3. The summed E-state index contributed by atoms with van der Waals surface area (Å²) in [6.45, 7) is -0.0311. The molecule has 0 bridgehead atoms. The molecule has 5 heterocycles. The van der Waals surface area contributed by atoms with Crippen LogP contribution < -0.4 is 21.3 Å². The summed E-state index contributed by atoms with van der Waals surface area (Å²) in [5, 5.41) is 7.80. The zero-order valence-corrected chi connectivity index (χ0v) is 41.2. The van der Waals surface area contributed by atoms with Gasteiger partial charge in [0.15, 0.2) is 0 Å². The molecule has 0 aliphatic carbocycles. The standard InChI is InChI=1S/C66H39BN2S3/c1-2-14-40(15-3-1)41-28-32-44(33-29-41)68-58-34-30-42(46-20-12-22-52-50-18-6-10-26-60(50)71-65(46)52)36-54(58)67-55-37-43(47-21-13-23-53-51-19-7-11-27-61(51)72-66(47)53)31-35-62(55)70-63-39-45(38-59(68)64(63)67)69-56-24-8-4-16-48(56)49-17-5-9-25-57(49)69/h1-39H. The summed E-state index contributed by atoms with van der Waals surface area (Å²) in [5.74, 6) is 0. The van der Waals surface area contributed by atoms with E-state index in [9.17, 15) is 0 Å². The van der Waals surface area contributed by atoms with Gasteiger partial charge in [0, 0.05) is 83.7 Å². The van der Waals surface area contributed by atoms with Gasteiger partial charge in [-0.05, 0) is 105 Å². The third-order valence-corrected chi connectivity index (χ3v) is 18.8. The molecule has 14 aromatic rings. The number of fused-ring (bicyclic) bond motifs is 13. The van der Waals surface area contributed by atoms with E-state index in [1.54, 1.807) is 0 Å². The zero-order chi connectivity index (χ0) is 47.0. The van der Waals surface area contributed by atoms with Gasteiger partial charge in [0.1, 0.15) is 0 Å². The minimum atomic E-state index is -0.0311. The van der Waals surface area contributed by atoms with Gasteiger partial charge in [-0.15, -0.1) is 22.7 Å². The lowest BCUT2D eigenvalue weighted by Gasteiger charge is -2.41. The highest BCUT2D eigenvalue weighted by Crippen LogP contribution is 2.48. The summed E-state index contributed by atoms with van der Waals surface area (Å²) < 4.78 is 7.80. The summed E-state index contributed by atoms with van der Waals surface area (Å²) in [6, 6.07) is 88.8. The quantitative estimate of drug-likeness (QED) is 0.159. The molecule has 16 rings (SSSR count). The molecule has 11 aromatic carbocycles. The molecule has 0 atom stereocenters. The van der Waals surface area contributed by atoms with Crippen molar-refractivity contribution in [2.24, 2.45) is 0 Å². The minimum Gasteiger partial charge on any atom is -0.311 e. The molecule has 2 aliphatic heterocycles. The van der Waals surface area contributed by atoms with E-state index in [1.165, 1.54) is 133 Å². The zero-order valence-electron chi connectivity index (χ0n) is 38.7. The van der Waals surface area contributed by atoms with Crippen molar-refractivity contribution in [3.05, 3.63) is 237 Å². The van der Waals surface area contributed by atoms with Gasteiger partial charge in [0.2, 0.25) is 6.71 Å². The smallest absolute Gasteiger partial charge is 0.249 e. The van der Waals surface area contributed by atoms with E-state index in [0.717, 1.165) is 11.4 Å². The Morgan fingerprint density at radius 2 is 0.861 bits per heavy atom. The fraction of sp³-hybridized carbons (Fsp3) is 0. The Morgan fingerprint density at radius 1 is 0.333 bits per heavy atom. The number of para-hydroxylation sites is 2. The van der Waals surface area contributed by atoms with Crippen LogP contribution >= 0.6 is 34.4 Å². The lowest BCUT2D eigenvalue weighted by Crippen LogP contribution is -2.60. The molecule has 0 unspecified atom stereocenters. The highest BCUT2D eigenvalue weighted by Gasteiger charge is 2.42. The van der Waals surface area contributed by atoms with Crippen molar-refractivity contribution in [3.63, 3.8) is 0 Å². The Kier molecular flexibility index (Phi) is 8.84. The van der Waals surface area contributed by atoms with Crippen LogP contribution in [0, 0.1) is 0 Å². The maximum absolute atomic E-state index is 2.56. The number of nitrogens with zero attached hydrogens (tertiary/aromatic N) is 2. The predicted molar refractivity (Wildman–Crippen MR) is 313 cm³/mol. The molecular formula is C66H39BN2S3. The second kappa shape index (κ2) is 15.7. The van der Waals surface area contributed by atoms with Crippen molar-refractivity contribution in [1.29, 1.82) is 0 Å². The number of benzene rings is 11. The number of thiophene rings is 2. The largest absolute Gasteiger partial charge is 0.311 e. The normalized spacial score (nSPS) is 12.9. The first-order valence-corrected chi connectivity index (χ1v) is 27.0. The maximum atomic E-state index is 2.56. The summed E-state index contributed by atoms with van der Waals surface area (Å²) in [4.78, 5) is 5.15. The van der Waals surface area contributed by atoms with Gasteiger partial charge in [0.25, 0.3) is 0 Å². The number of aromatic nitrogens is 1. The lowest BCUT2D eigenvalue weighted by atomic mass is 9.34. The van der Waals surface area contributed by atoms with Crippen LogP contribution in [0.15, 0.2) is 246 Å². The molecular weight excluding hydrogens is 928 g/mol. The van der Waals surface area contributed by atoms with Gasteiger partial charge in [-0.25, -0.2) is 0 Å². The van der Waals surface area contributed by atoms with E-state index in [4.69, 9.17) is 0 Å². The van der Waals surface area contributed by atoms with E-state index in [0.29, 0.717) is 0 Å². The van der Waals surface area contributed by atoms with Crippen molar-refractivity contribution in [2.75, 3.05) is 4.90 Å². The summed E-state index contributed by atoms with van der Waals surface area (Å²) in [7, 11) is 0. The third-order valence-electron chi connectivity index (χ3n) is 15.3. The molecule has 0 saturated carbocycles. The fourth-order valence-corrected chi connectivity index (χ4v) is 15.7. The van der Waals surface area contributed by atoms with Gasteiger partial charge < -0.3 is 9.47 Å². The highest BCUT2D eigenvalue weighted by molar-refractivity contribution is 8.00. The first kappa shape index (κ1) is 40.6. The van der Waals surface area contributed by atoms with Gasteiger partial charge in [-0.2, -0.15) is 0 Å². The molecule has 2 nitrogen and oxygen atoms in total. The third kappa shape index (κ3) is 5.98. The molecule has 0 amide bonds. The van der Waals surface area contributed by atoms with Crippen molar-refractivity contribution >= 4 is 137 Å². The highest BCUT2D eigenvalue weighted by atomic mass is 32.2. The first-order chi connectivity index (χ1) is 35.7. The van der Waals surface area contributed by atoms with Crippen LogP contribution in [0.1, 0.15) is 0 Å². The molecule has 0 saturated heterocycles. The summed E-state index contributed by atoms with van der Waals surface area (Å²) in [6.07, 6.45) is 0. The Balaban J connectivity index is 0.974. The second-order valence-corrected chi connectivity index (χ2v) is 22.3. The lowest BCUT2D eigenvalue weighted by molar-refractivity contribution is 1.15. The van der Waals surface area contributed by atoms with Gasteiger partial charge in [-0.1, -0.05) is 193 Å². The Bertz CT molecular complexity index is 4510. The van der Waals surface area contributed by atoms with Crippen molar-refractivity contribution < 1.29 is 0 Å². The molecule has 72 heavy (non-hydrogen) atoms. The van der Waals surface area contributed by atoms with Gasteiger partial charge in [0.05, 0.1) is 11.0 Å². The molecule has 334 valence electrons. The minimum absolute atomic E-state index is 0.0311. The predicted octanol–water partition coefficient (Wildman–Crippen LogP) is 17.3. The summed E-state index contributed by atoms with van der Waals surface area (Å²) in [5.41, 5.74) is 18.6. The van der Waals surface area contributed by atoms with E-state index in [-0.39, 0.29) is 6.71 Å². The average Bonchev–Trinajstić information content (AvgIpc) is 4.13. The van der Waals surface area contributed by atoms with Crippen molar-refractivity contribution in [3.8, 4) is 39.1 Å². The number of rotatable bonds is 5. The monoisotopic (exact) mass is 966 g/mol. The Morgan fingerprint density at radius 3 is 1.51 bits per heavy atom. The average molecular weight is 967 g/mol. The van der Waals surface area contributed by atoms with E-state index < -0.39 is 0 Å². The molecule has 0 N–H and O–H groups in total.